The number of aromatic nitrogens is 1. The number of fused-ring (bicyclic) bond motifs is 1. The van der Waals surface area contributed by atoms with Crippen LogP contribution in [0.3, 0.4) is 0 Å². The number of nitrogens with one attached hydrogen (secondary N) is 1. The van der Waals surface area contributed by atoms with Crippen molar-refractivity contribution in [2.24, 2.45) is 0 Å². The summed E-state index contributed by atoms with van der Waals surface area (Å²) in [7, 11) is -0.831. The van der Waals surface area contributed by atoms with Gasteiger partial charge in [0.05, 0.1) is 25.0 Å². The average Bonchev–Trinajstić information content (AvgIpc) is 3.56. The lowest BCUT2D eigenvalue weighted by molar-refractivity contribution is 0.355. The van der Waals surface area contributed by atoms with Crippen molar-refractivity contribution in [1.82, 2.24) is 4.98 Å². The number of halogens is 2. The predicted molar refractivity (Wildman–Crippen MR) is 107 cm³/mol. The lowest BCUT2D eigenvalue weighted by atomic mass is 10.2. The average molecular weight is 436 g/mol. The van der Waals surface area contributed by atoms with Gasteiger partial charge in [0.2, 0.25) is 10.0 Å². The molecule has 0 spiro atoms. The van der Waals surface area contributed by atoms with E-state index in [9.17, 15) is 17.2 Å². The van der Waals surface area contributed by atoms with Crippen molar-refractivity contribution in [3.63, 3.8) is 0 Å². The topological polar surface area (TPSA) is 86.8 Å². The first-order valence-corrected chi connectivity index (χ1v) is 10.6. The molecule has 0 bridgehead atoms. The van der Waals surface area contributed by atoms with E-state index >= 15 is 0 Å². The van der Waals surface area contributed by atoms with Gasteiger partial charge in [-0.2, -0.15) is 0 Å². The highest BCUT2D eigenvalue weighted by molar-refractivity contribution is 7.93. The van der Waals surface area contributed by atoms with Crippen molar-refractivity contribution < 1.29 is 31.4 Å². The maximum Gasteiger partial charge on any atom is 0.235 e. The number of hydrogen-bond acceptors (Lipinski definition) is 6. The molecule has 30 heavy (non-hydrogen) atoms. The fourth-order valence-corrected chi connectivity index (χ4v) is 4.38. The van der Waals surface area contributed by atoms with Gasteiger partial charge in [-0.3, -0.25) is 9.71 Å². The van der Waals surface area contributed by atoms with Crippen molar-refractivity contribution in [2.45, 2.75) is 18.1 Å². The SMILES string of the molecule is COc1cc2nccc(Oc3cc(F)c(NS(=O)(=O)C4CC4)c(F)c3)c2cc1OC. The first-order valence-electron chi connectivity index (χ1n) is 9.01. The van der Waals surface area contributed by atoms with Gasteiger partial charge in [-0.05, 0) is 25.0 Å². The van der Waals surface area contributed by atoms with E-state index in [2.05, 4.69) is 4.98 Å². The second kappa shape index (κ2) is 7.60. The van der Waals surface area contributed by atoms with Crippen LogP contribution in [0.2, 0.25) is 0 Å². The van der Waals surface area contributed by atoms with Crippen molar-refractivity contribution in [2.75, 3.05) is 18.9 Å². The molecule has 1 saturated carbocycles. The molecule has 1 N–H and O–H groups in total. The Morgan fingerprint density at radius 3 is 2.23 bits per heavy atom. The number of hydrogen-bond donors (Lipinski definition) is 1. The Hall–Kier alpha value is -3.14. The quantitative estimate of drug-likeness (QED) is 0.597. The lowest BCUT2D eigenvalue weighted by Crippen LogP contribution is -2.19. The summed E-state index contributed by atoms with van der Waals surface area (Å²) in [5.41, 5.74) is -0.194. The third-order valence-corrected chi connectivity index (χ3v) is 6.50. The lowest BCUT2D eigenvalue weighted by Gasteiger charge is -2.14. The molecule has 0 amide bonds. The van der Waals surface area contributed by atoms with Gasteiger partial charge < -0.3 is 14.2 Å². The molecule has 3 aromatic rings. The van der Waals surface area contributed by atoms with E-state index in [-0.39, 0.29) is 11.5 Å². The normalized spacial score (nSPS) is 13.9. The van der Waals surface area contributed by atoms with Crippen LogP contribution in [0.15, 0.2) is 36.5 Å². The number of ether oxygens (including phenoxy) is 3. The van der Waals surface area contributed by atoms with E-state index < -0.39 is 32.6 Å². The van der Waals surface area contributed by atoms with Gasteiger partial charge in [-0.1, -0.05) is 0 Å². The fourth-order valence-electron chi connectivity index (χ4n) is 2.97. The summed E-state index contributed by atoms with van der Waals surface area (Å²) in [5.74, 6) is -1.10. The number of pyridine rings is 1. The van der Waals surface area contributed by atoms with Crippen LogP contribution >= 0.6 is 0 Å². The predicted octanol–water partition coefficient (Wildman–Crippen LogP) is 4.23. The molecule has 0 aliphatic heterocycles. The Bertz CT molecular complexity index is 1210. The van der Waals surface area contributed by atoms with Gasteiger partial charge in [-0.25, -0.2) is 17.2 Å². The first-order chi connectivity index (χ1) is 14.3. The van der Waals surface area contributed by atoms with Crippen LogP contribution in [0.4, 0.5) is 14.5 Å². The molecular formula is C20H18F2N2O5S. The number of anilines is 1. The van der Waals surface area contributed by atoms with Gasteiger partial charge in [0.25, 0.3) is 0 Å². The van der Waals surface area contributed by atoms with Gasteiger partial charge in [0, 0.05) is 29.8 Å². The summed E-state index contributed by atoms with van der Waals surface area (Å²) >= 11 is 0. The largest absolute Gasteiger partial charge is 0.493 e. The molecule has 0 saturated heterocycles. The molecule has 1 aromatic heterocycles. The van der Waals surface area contributed by atoms with Gasteiger partial charge >= 0.3 is 0 Å². The number of benzene rings is 2. The summed E-state index contributed by atoms with van der Waals surface area (Å²) in [4.78, 5) is 4.24. The zero-order chi connectivity index (χ0) is 21.5. The summed E-state index contributed by atoms with van der Waals surface area (Å²) in [5, 5.41) is -0.0724. The van der Waals surface area contributed by atoms with Gasteiger partial charge in [-0.15, -0.1) is 0 Å². The molecule has 0 unspecified atom stereocenters. The molecule has 1 fully saturated rings. The number of nitrogens with zero attached hydrogens (tertiary/aromatic N) is 1. The van der Waals surface area contributed by atoms with Crippen molar-refractivity contribution in [3.05, 3.63) is 48.2 Å². The van der Waals surface area contributed by atoms with E-state index in [1.807, 2.05) is 4.72 Å². The maximum absolute atomic E-state index is 14.5. The van der Waals surface area contributed by atoms with Crippen molar-refractivity contribution >= 4 is 26.6 Å². The summed E-state index contributed by atoms with van der Waals surface area (Å²) < 4.78 is 71.1. The first kappa shape index (κ1) is 20.1. The molecule has 4 rings (SSSR count). The molecule has 1 aliphatic rings. The van der Waals surface area contributed by atoms with Gasteiger partial charge in [0.1, 0.15) is 17.2 Å². The minimum Gasteiger partial charge on any atom is -0.493 e. The molecule has 1 heterocycles. The second-order valence-corrected chi connectivity index (χ2v) is 8.70. The van der Waals surface area contributed by atoms with Crippen LogP contribution in [0.25, 0.3) is 10.9 Å². The number of methoxy groups -OCH3 is 2. The number of sulfonamides is 1. The highest BCUT2D eigenvalue weighted by atomic mass is 32.2. The van der Waals surface area contributed by atoms with E-state index in [1.54, 1.807) is 12.1 Å². The Morgan fingerprint density at radius 2 is 1.63 bits per heavy atom. The summed E-state index contributed by atoms with van der Waals surface area (Å²) in [6.07, 6.45) is 2.43. The molecule has 158 valence electrons. The Morgan fingerprint density at radius 1 is 1.00 bits per heavy atom. The third kappa shape index (κ3) is 3.82. The van der Waals surface area contributed by atoms with E-state index in [1.165, 1.54) is 26.5 Å². The van der Waals surface area contributed by atoms with E-state index in [0.29, 0.717) is 35.2 Å². The highest BCUT2D eigenvalue weighted by Crippen LogP contribution is 2.38. The zero-order valence-corrected chi connectivity index (χ0v) is 16.9. The van der Waals surface area contributed by atoms with Crippen LogP contribution in [-0.2, 0) is 10.0 Å². The maximum atomic E-state index is 14.5. The third-order valence-electron chi connectivity index (χ3n) is 4.66. The van der Waals surface area contributed by atoms with Crippen LogP contribution < -0.4 is 18.9 Å². The Kier molecular flexibility index (Phi) is 5.10. The van der Waals surface area contributed by atoms with E-state index in [4.69, 9.17) is 14.2 Å². The molecule has 7 nitrogen and oxygen atoms in total. The fraction of sp³-hybridized carbons (Fsp3) is 0.250. The number of rotatable bonds is 7. The zero-order valence-electron chi connectivity index (χ0n) is 16.1. The highest BCUT2D eigenvalue weighted by Gasteiger charge is 2.36. The standard InChI is InChI=1S/C20H18F2N2O5S/c1-27-18-9-13-16(10-19(18)28-2)23-6-5-17(13)29-11-7-14(21)20(15(22)8-11)24-30(25,26)12-3-4-12/h5-10,12,24H,3-4H2,1-2H3. The Balaban J connectivity index is 1.68. The Labute approximate surface area is 171 Å². The minimum atomic E-state index is -3.80. The van der Waals surface area contributed by atoms with Crippen LogP contribution in [-0.4, -0.2) is 32.9 Å². The van der Waals surface area contributed by atoms with Crippen molar-refractivity contribution in [3.8, 4) is 23.0 Å². The molecule has 0 radical (unpaired) electrons. The van der Waals surface area contributed by atoms with Crippen molar-refractivity contribution in [1.29, 1.82) is 0 Å². The van der Waals surface area contributed by atoms with E-state index in [0.717, 1.165) is 12.1 Å². The summed E-state index contributed by atoms with van der Waals surface area (Å²) in [6, 6.07) is 6.66. The summed E-state index contributed by atoms with van der Waals surface area (Å²) in [6.45, 7) is 0. The second-order valence-electron chi connectivity index (χ2n) is 6.74. The van der Waals surface area contributed by atoms with Crippen LogP contribution in [0.5, 0.6) is 23.0 Å². The molecule has 0 atom stereocenters. The molecular weight excluding hydrogens is 418 g/mol. The molecule has 10 heteroatoms. The smallest absolute Gasteiger partial charge is 0.235 e. The monoisotopic (exact) mass is 436 g/mol. The van der Waals surface area contributed by atoms with Crippen LogP contribution in [0.1, 0.15) is 12.8 Å². The minimum absolute atomic E-state index is 0.137. The van der Waals surface area contributed by atoms with Gasteiger partial charge in [0.15, 0.2) is 23.1 Å². The molecule has 1 aliphatic carbocycles. The van der Waals surface area contributed by atoms with Crippen LogP contribution in [0, 0.1) is 11.6 Å². The molecule has 2 aromatic carbocycles.